The van der Waals surface area contributed by atoms with Gasteiger partial charge in [-0.3, -0.25) is 14.9 Å². The Morgan fingerprint density at radius 1 is 1.07 bits per heavy atom. The molecule has 0 saturated carbocycles. The number of carbonyl (C=O) groups is 2. The summed E-state index contributed by atoms with van der Waals surface area (Å²) in [6.45, 7) is 4.64. The Morgan fingerprint density at radius 3 is 2.48 bits per heavy atom. The fourth-order valence-electron chi connectivity index (χ4n) is 2.79. The second-order valence-corrected chi connectivity index (χ2v) is 7.77. The number of hydrogen-bond donors (Lipinski definition) is 1. The third kappa shape index (κ3) is 5.25. The molecule has 0 radical (unpaired) electrons. The van der Waals surface area contributed by atoms with Crippen LogP contribution in [-0.2, 0) is 4.79 Å². The zero-order valence-electron chi connectivity index (χ0n) is 16.2. The van der Waals surface area contributed by atoms with Crippen molar-refractivity contribution >= 4 is 40.6 Å². The largest absolute Gasteiger partial charge is 0.493 e. The SMILES string of the molecule is COc1cc(C=C2SC(=O)NC2=O)cc(Cl)c1OCCOc1ccc(C)cc1C. The van der Waals surface area contributed by atoms with Crippen LogP contribution in [0, 0.1) is 13.8 Å². The minimum absolute atomic E-state index is 0.274. The lowest BCUT2D eigenvalue weighted by molar-refractivity contribution is -0.115. The quantitative estimate of drug-likeness (QED) is 0.502. The van der Waals surface area contributed by atoms with E-state index in [4.69, 9.17) is 25.8 Å². The van der Waals surface area contributed by atoms with Crippen LogP contribution >= 0.6 is 23.4 Å². The summed E-state index contributed by atoms with van der Waals surface area (Å²) in [7, 11) is 1.50. The Labute approximate surface area is 178 Å². The summed E-state index contributed by atoms with van der Waals surface area (Å²) in [5.74, 6) is 1.19. The Kier molecular flexibility index (Phi) is 6.71. The molecule has 152 valence electrons. The van der Waals surface area contributed by atoms with Gasteiger partial charge in [-0.15, -0.1) is 0 Å². The van der Waals surface area contributed by atoms with Crippen LogP contribution < -0.4 is 19.5 Å². The molecule has 0 bridgehead atoms. The zero-order chi connectivity index (χ0) is 21.0. The van der Waals surface area contributed by atoms with Gasteiger partial charge < -0.3 is 14.2 Å². The predicted octanol–water partition coefficient (Wildman–Crippen LogP) is 4.75. The number of benzene rings is 2. The van der Waals surface area contributed by atoms with Gasteiger partial charge in [0.05, 0.1) is 17.0 Å². The monoisotopic (exact) mass is 433 g/mol. The van der Waals surface area contributed by atoms with Crippen LogP contribution in [0.25, 0.3) is 6.08 Å². The van der Waals surface area contributed by atoms with Gasteiger partial charge in [0.15, 0.2) is 11.5 Å². The molecular formula is C21H20ClNO5S. The van der Waals surface area contributed by atoms with Crippen molar-refractivity contribution in [1.82, 2.24) is 5.32 Å². The van der Waals surface area contributed by atoms with Crippen molar-refractivity contribution < 1.29 is 23.8 Å². The fraction of sp³-hybridized carbons (Fsp3) is 0.238. The van der Waals surface area contributed by atoms with Gasteiger partial charge in [-0.25, -0.2) is 0 Å². The summed E-state index contributed by atoms with van der Waals surface area (Å²) in [4.78, 5) is 23.3. The van der Waals surface area contributed by atoms with Gasteiger partial charge in [0.25, 0.3) is 11.1 Å². The highest BCUT2D eigenvalue weighted by Crippen LogP contribution is 2.38. The normalized spacial score (nSPS) is 14.8. The molecule has 3 rings (SSSR count). The molecule has 1 aliphatic heterocycles. The third-order valence-corrected chi connectivity index (χ3v) is 5.20. The number of rotatable bonds is 7. The van der Waals surface area contributed by atoms with Crippen molar-refractivity contribution in [3.63, 3.8) is 0 Å². The van der Waals surface area contributed by atoms with Gasteiger partial charge in [-0.2, -0.15) is 0 Å². The average Bonchev–Trinajstić information content (AvgIpc) is 2.98. The average molecular weight is 434 g/mol. The number of aryl methyl sites for hydroxylation is 2. The molecule has 8 heteroatoms. The fourth-order valence-corrected chi connectivity index (χ4v) is 3.75. The molecule has 29 heavy (non-hydrogen) atoms. The van der Waals surface area contributed by atoms with Gasteiger partial charge in [0.2, 0.25) is 0 Å². The highest BCUT2D eigenvalue weighted by atomic mass is 35.5. The van der Waals surface area contributed by atoms with Crippen LogP contribution in [0.15, 0.2) is 35.2 Å². The Morgan fingerprint density at radius 2 is 1.83 bits per heavy atom. The molecule has 0 spiro atoms. The van der Waals surface area contributed by atoms with Crippen molar-refractivity contribution in [3.8, 4) is 17.2 Å². The summed E-state index contributed by atoms with van der Waals surface area (Å²) < 4.78 is 16.9. The molecule has 1 heterocycles. The van der Waals surface area contributed by atoms with Gasteiger partial charge in [0, 0.05) is 0 Å². The molecule has 1 N–H and O–H groups in total. The number of methoxy groups -OCH3 is 1. The van der Waals surface area contributed by atoms with Crippen molar-refractivity contribution in [3.05, 3.63) is 56.9 Å². The second-order valence-electron chi connectivity index (χ2n) is 6.35. The van der Waals surface area contributed by atoms with E-state index in [1.54, 1.807) is 18.2 Å². The molecule has 2 amide bonds. The molecule has 1 saturated heterocycles. The summed E-state index contributed by atoms with van der Waals surface area (Å²) in [6.07, 6.45) is 1.58. The smallest absolute Gasteiger partial charge is 0.290 e. The lowest BCUT2D eigenvalue weighted by atomic mass is 10.1. The maximum atomic E-state index is 11.7. The van der Waals surface area contributed by atoms with Crippen LogP contribution in [0.1, 0.15) is 16.7 Å². The zero-order valence-corrected chi connectivity index (χ0v) is 17.8. The van der Waals surface area contributed by atoms with E-state index in [0.717, 1.165) is 23.1 Å². The number of thioether (sulfide) groups is 1. The number of nitrogens with one attached hydrogen (secondary N) is 1. The van der Waals surface area contributed by atoms with Crippen LogP contribution in [0.2, 0.25) is 5.02 Å². The summed E-state index contributed by atoms with van der Waals surface area (Å²) in [6, 6.07) is 9.32. The Balaban J connectivity index is 1.67. The third-order valence-electron chi connectivity index (χ3n) is 4.11. The molecule has 0 unspecified atom stereocenters. The van der Waals surface area contributed by atoms with Gasteiger partial charge in [0.1, 0.15) is 19.0 Å². The first-order valence-corrected chi connectivity index (χ1v) is 10.0. The molecule has 0 atom stereocenters. The molecule has 1 aliphatic rings. The minimum atomic E-state index is -0.432. The molecule has 0 aromatic heterocycles. The number of hydrogen-bond acceptors (Lipinski definition) is 6. The first kappa shape index (κ1) is 21.1. The predicted molar refractivity (Wildman–Crippen MR) is 114 cm³/mol. The van der Waals surface area contributed by atoms with Gasteiger partial charge in [-0.05, 0) is 61.0 Å². The van der Waals surface area contributed by atoms with Crippen molar-refractivity contribution in [2.45, 2.75) is 13.8 Å². The van der Waals surface area contributed by atoms with Gasteiger partial charge >= 0.3 is 0 Å². The highest BCUT2D eigenvalue weighted by molar-refractivity contribution is 8.18. The van der Waals surface area contributed by atoms with E-state index in [1.807, 2.05) is 26.0 Å². The minimum Gasteiger partial charge on any atom is -0.493 e. The van der Waals surface area contributed by atoms with E-state index in [0.29, 0.717) is 33.6 Å². The summed E-state index contributed by atoms with van der Waals surface area (Å²) >= 11 is 7.19. The maximum Gasteiger partial charge on any atom is 0.290 e. The number of amides is 2. The lowest BCUT2D eigenvalue weighted by Crippen LogP contribution is -2.17. The van der Waals surface area contributed by atoms with E-state index < -0.39 is 11.1 Å². The van der Waals surface area contributed by atoms with Crippen molar-refractivity contribution in [2.75, 3.05) is 20.3 Å². The van der Waals surface area contributed by atoms with Crippen molar-refractivity contribution in [2.24, 2.45) is 0 Å². The van der Waals surface area contributed by atoms with Crippen molar-refractivity contribution in [1.29, 1.82) is 0 Å². The number of ether oxygens (including phenoxy) is 3. The van der Waals surface area contributed by atoms with Crippen LogP contribution in [-0.4, -0.2) is 31.5 Å². The number of halogens is 1. The molecule has 2 aromatic carbocycles. The van der Waals surface area contributed by atoms with E-state index in [-0.39, 0.29) is 6.61 Å². The molecule has 6 nitrogen and oxygen atoms in total. The summed E-state index contributed by atoms with van der Waals surface area (Å²) in [5, 5.41) is 2.14. The number of imide groups is 1. The van der Waals surface area contributed by atoms with E-state index >= 15 is 0 Å². The Bertz CT molecular complexity index is 989. The molecule has 1 fully saturated rings. The lowest BCUT2D eigenvalue weighted by Gasteiger charge is -2.14. The van der Waals surface area contributed by atoms with E-state index in [9.17, 15) is 9.59 Å². The van der Waals surface area contributed by atoms with E-state index in [1.165, 1.54) is 12.7 Å². The molecule has 2 aromatic rings. The first-order valence-electron chi connectivity index (χ1n) is 8.82. The first-order chi connectivity index (χ1) is 13.9. The summed E-state index contributed by atoms with van der Waals surface area (Å²) in [5.41, 5.74) is 2.86. The second kappa shape index (κ2) is 9.24. The standard InChI is InChI=1S/C21H20ClNO5S/c1-12-4-5-16(13(2)8-12)27-6-7-28-19-15(22)9-14(10-17(19)26-3)11-18-20(24)23-21(25)29-18/h4-5,8-11H,6-7H2,1-3H3,(H,23,24,25). The van der Waals surface area contributed by atoms with Crippen LogP contribution in [0.3, 0.4) is 0 Å². The van der Waals surface area contributed by atoms with Crippen LogP contribution in [0.4, 0.5) is 4.79 Å². The topological polar surface area (TPSA) is 73.9 Å². The van der Waals surface area contributed by atoms with Crippen LogP contribution in [0.5, 0.6) is 17.2 Å². The molecule has 0 aliphatic carbocycles. The number of carbonyl (C=O) groups excluding carboxylic acids is 2. The molecular weight excluding hydrogens is 414 g/mol. The van der Waals surface area contributed by atoms with Gasteiger partial charge in [-0.1, -0.05) is 29.3 Å². The van der Waals surface area contributed by atoms with E-state index in [2.05, 4.69) is 11.4 Å². The Hall–Kier alpha value is -2.64. The highest BCUT2D eigenvalue weighted by Gasteiger charge is 2.25. The maximum absolute atomic E-state index is 11.7.